The van der Waals surface area contributed by atoms with Gasteiger partial charge >= 0.3 is 0 Å². The molecule has 0 radical (unpaired) electrons. The molecule has 0 saturated carbocycles. The predicted octanol–water partition coefficient (Wildman–Crippen LogP) is 4.60. The minimum absolute atomic E-state index is 0.301. The van der Waals surface area contributed by atoms with Gasteiger partial charge in [-0.1, -0.05) is 17.3 Å². The maximum Gasteiger partial charge on any atom is 0.233 e. The predicted molar refractivity (Wildman–Crippen MR) is 96.6 cm³/mol. The molecule has 0 spiro atoms. The van der Waals surface area contributed by atoms with Crippen LogP contribution >= 0.6 is 11.3 Å². The minimum atomic E-state index is -0.301. The van der Waals surface area contributed by atoms with Gasteiger partial charge in [0, 0.05) is 16.5 Å². The molecule has 5 nitrogen and oxygen atoms in total. The monoisotopic (exact) mass is 367 g/mol. The van der Waals surface area contributed by atoms with E-state index in [9.17, 15) is 4.39 Å². The summed E-state index contributed by atoms with van der Waals surface area (Å²) < 4.78 is 23.6. The lowest BCUT2D eigenvalue weighted by Gasteiger charge is -2.01. The second kappa shape index (κ2) is 7.05. The lowest BCUT2D eigenvalue weighted by atomic mass is 10.2. The zero-order valence-electron chi connectivity index (χ0n) is 13.8. The van der Waals surface area contributed by atoms with Crippen molar-refractivity contribution in [1.29, 1.82) is 0 Å². The quantitative estimate of drug-likeness (QED) is 0.516. The second-order valence-corrected chi connectivity index (χ2v) is 6.50. The van der Waals surface area contributed by atoms with E-state index in [0.717, 1.165) is 22.0 Å². The van der Waals surface area contributed by atoms with Gasteiger partial charge in [-0.15, -0.1) is 11.3 Å². The number of aromatic nitrogens is 3. The van der Waals surface area contributed by atoms with E-state index in [1.54, 1.807) is 19.2 Å². The molecule has 7 heteroatoms. The molecule has 4 aromatic rings. The Hall–Kier alpha value is -3.06. The summed E-state index contributed by atoms with van der Waals surface area (Å²) in [6, 6.07) is 13.7. The van der Waals surface area contributed by atoms with Gasteiger partial charge in [0.25, 0.3) is 0 Å². The average molecular weight is 367 g/mol. The van der Waals surface area contributed by atoms with E-state index in [-0.39, 0.29) is 5.82 Å². The van der Waals surface area contributed by atoms with Gasteiger partial charge in [-0.05, 0) is 36.4 Å². The molecule has 4 rings (SSSR count). The Balaban J connectivity index is 1.52. The zero-order chi connectivity index (χ0) is 17.9. The topological polar surface area (TPSA) is 61.0 Å². The Kier molecular flexibility index (Phi) is 4.45. The van der Waals surface area contributed by atoms with Crippen LogP contribution < -0.4 is 4.74 Å². The molecule has 0 unspecified atom stereocenters. The smallest absolute Gasteiger partial charge is 0.233 e. The summed E-state index contributed by atoms with van der Waals surface area (Å²) in [5.74, 6) is 1.39. The largest absolute Gasteiger partial charge is 0.497 e. The summed E-state index contributed by atoms with van der Waals surface area (Å²) in [5.41, 5.74) is 2.57. The van der Waals surface area contributed by atoms with Crippen molar-refractivity contribution in [3.63, 3.8) is 0 Å². The van der Waals surface area contributed by atoms with Gasteiger partial charge in [-0.2, -0.15) is 4.98 Å². The first-order valence-corrected chi connectivity index (χ1v) is 8.76. The average Bonchev–Trinajstić information content (AvgIpc) is 3.33. The first kappa shape index (κ1) is 16.4. The van der Waals surface area contributed by atoms with Gasteiger partial charge in [0.05, 0.1) is 19.2 Å². The number of benzene rings is 2. The molecule has 0 fully saturated rings. The molecular weight excluding hydrogens is 353 g/mol. The summed E-state index contributed by atoms with van der Waals surface area (Å²) in [7, 11) is 1.64. The van der Waals surface area contributed by atoms with Crippen molar-refractivity contribution < 1.29 is 13.7 Å². The summed E-state index contributed by atoms with van der Waals surface area (Å²) in [6.45, 7) is 0. The second-order valence-electron chi connectivity index (χ2n) is 5.55. The van der Waals surface area contributed by atoms with Crippen LogP contribution in [-0.4, -0.2) is 22.2 Å². The summed E-state index contributed by atoms with van der Waals surface area (Å²) >= 11 is 1.53. The van der Waals surface area contributed by atoms with Crippen molar-refractivity contribution in [3.8, 4) is 28.4 Å². The van der Waals surface area contributed by atoms with Crippen LogP contribution in [0.15, 0.2) is 58.4 Å². The summed E-state index contributed by atoms with van der Waals surface area (Å²) in [5, 5.41) is 6.81. The number of nitrogens with zero attached hydrogens (tertiary/aromatic N) is 3. The zero-order valence-corrected chi connectivity index (χ0v) is 14.7. The molecule has 0 amide bonds. The van der Waals surface area contributed by atoms with E-state index in [1.807, 2.05) is 29.6 Å². The highest BCUT2D eigenvalue weighted by Crippen LogP contribution is 2.26. The van der Waals surface area contributed by atoms with Crippen LogP contribution in [0.4, 0.5) is 4.39 Å². The third-order valence-corrected chi connectivity index (χ3v) is 4.64. The fourth-order valence-electron chi connectivity index (χ4n) is 2.48. The van der Waals surface area contributed by atoms with Gasteiger partial charge < -0.3 is 9.26 Å². The fourth-order valence-corrected chi connectivity index (χ4v) is 3.27. The molecule has 130 valence electrons. The van der Waals surface area contributed by atoms with Crippen LogP contribution in [-0.2, 0) is 6.42 Å². The van der Waals surface area contributed by atoms with E-state index in [4.69, 9.17) is 9.26 Å². The number of thiazole rings is 1. The standard InChI is InChI=1S/C19H14FN3O2S/c1-24-15-4-2-3-13(9-15)16-11-26-18(21-16)10-17-22-19(23-25-17)12-5-7-14(20)8-6-12/h2-9,11H,10H2,1H3. The third kappa shape index (κ3) is 3.48. The molecule has 0 aliphatic carbocycles. The molecule has 2 heterocycles. The van der Waals surface area contributed by atoms with Gasteiger partial charge in [0.1, 0.15) is 16.6 Å². The van der Waals surface area contributed by atoms with Gasteiger partial charge in [-0.3, -0.25) is 0 Å². The lowest BCUT2D eigenvalue weighted by Crippen LogP contribution is -1.89. The van der Waals surface area contributed by atoms with Crippen molar-refractivity contribution in [2.75, 3.05) is 7.11 Å². The number of halogens is 1. The number of hydrogen-bond acceptors (Lipinski definition) is 6. The van der Waals surface area contributed by atoms with Crippen LogP contribution in [0.1, 0.15) is 10.9 Å². The minimum Gasteiger partial charge on any atom is -0.497 e. The Labute approximate surface area is 153 Å². The first-order valence-electron chi connectivity index (χ1n) is 7.88. The first-order chi connectivity index (χ1) is 12.7. The van der Waals surface area contributed by atoms with E-state index >= 15 is 0 Å². The molecule has 0 atom stereocenters. The molecule has 0 saturated heterocycles. The molecule has 0 N–H and O–H groups in total. The van der Waals surface area contributed by atoms with Crippen LogP contribution in [0.3, 0.4) is 0 Å². The molecule has 0 aliphatic heterocycles. The van der Waals surface area contributed by atoms with Crippen LogP contribution in [0.25, 0.3) is 22.6 Å². The van der Waals surface area contributed by atoms with Crippen LogP contribution in [0.5, 0.6) is 5.75 Å². The maximum atomic E-state index is 13.0. The van der Waals surface area contributed by atoms with Gasteiger partial charge in [0.15, 0.2) is 0 Å². The number of hydrogen-bond donors (Lipinski definition) is 0. The molecule has 26 heavy (non-hydrogen) atoms. The molecular formula is C19H14FN3O2S. The van der Waals surface area contributed by atoms with Crippen LogP contribution in [0, 0.1) is 5.82 Å². The van der Waals surface area contributed by atoms with Gasteiger partial charge in [0.2, 0.25) is 11.7 Å². The normalized spacial score (nSPS) is 10.8. The van der Waals surface area contributed by atoms with Crippen LogP contribution in [0.2, 0.25) is 0 Å². The van der Waals surface area contributed by atoms with E-state index in [0.29, 0.717) is 23.7 Å². The molecule has 2 aromatic heterocycles. The number of ether oxygens (including phenoxy) is 1. The number of rotatable bonds is 5. The highest BCUT2D eigenvalue weighted by molar-refractivity contribution is 7.10. The number of methoxy groups -OCH3 is 1. The van der Waals surface area contributed by atoms with Gasteiger partial charge in [-0.25, -0.2) is 9.37 Å². The van der Waals surface area contributed by atoms with Crippen molar-refractivity contribution in [2.24, 2.45) is 0 Å². The van der Waals surface area contributed by atoms with E-state index in [2.05, 4.69) is 15.1 Å². The SMILES string of the molecule is COc1cccc(-c2csc(Cc3nc(-c4ccc(F)cc4)no3)n2)c1. The Morgan fingerprint density at radius 1 is 1.08 bits per heavy atom. The molecule has 0 aliphatic rings. The third-order valence-electron chi connectivity index (χ3n) is 3.79. The molecule has 2 aromatic carbocycles. The lowest BCUT2D eigenvalue weighted by molar-refractivity contribution is 0.385. The van der Waals surface area contributed by atoms with E-state index < -0.39 is 0 Å². The van der Waals surface area contributed by atoms with Crippen molar-refractivity contribution in [3.05, 3.63) is 70.6 Å². The Bertz CT molecular complexity index is 1030. The maximum absolute atomic E-state index is 13.0. The highest BCUT2D eigenvalue weighted by Gasteiger charge is 2.12. The van der Waals surface area contributed by atoms with E-state index in [1.165, 1.54) is 23.5 Å². The molecule has 0 bridgehead atoms. The summed E-state index contributed by atoms with van der Waals surface area (Å²) in [6.07, 6.45) is 0.447. The van der Waals surface area contributed by atoms with Crippen molar-refractivity contribution >= 4 is 11.3 Å². The Morgan fingerprint density at radius 2 is 1.92 bits per heavy atom. The van der Waals surface area contributed by atoms with Crippen molar-refractivity contribution in [2.45, 2.75) is 6.42 Å². The Morgan fingerprint density at radius 3 is 2.73 bits per heavy atom. The fraction of sp³-hybridized carbons (Fsp3) is 0.105. The van der Waals surface area contributed by atoms with Crippen molar-refractivity contribution in [1.82, 2.24) is 15.1 Å². The highest BCUT2D eigenvalue weighted by atomic mass is 32.1. The summed E-state index contributed by atoms with van der Waals surface area (Å²) in [4.78, 5) is 8.99.